The molecule has 2 rings (SSSR count). The van der Waals surface area contributed by atoms with Crippen LogP contribution in [0.3, 0.4) is 0 Å². The third-order valence-corrected chi connectivity index (χ3v) is 4.99. The SMILES string of the molecule is O=S(=O)(CCC1CC1)NC1CCCCC1O. The first-order valence-corrected chi connectivity index (χ1v) is 7.90. The molecule has 4 nitrogen and oxygen atoms in total. The van der Waals surface area contributed by atoms with E-state index in [1.54, 1.807) is 0 Å². The van der Waals surface area contributed by atoms with Crippen LogP contribution < -0.4 is 4.72 Å². The molecular formula is C11H21NO3S. The molecule has 2 aliphatic rings. The molecule has 0 spiro atoms. The van der Waals surface area contributed by atoms with Gasteiger partial charge in [-0.1, -0.05) is 25.7 Å². The minimum atomic E-state index is -3.18. The molecule has 0 aromatic heterocycles. The van der Waals surface area contributed by atoms with Gasteiger partial charge in [-0.05, 0) is 25.2 Å². The van der Waals surface area contributed by atoms with Crippen molar-refractivity contribution >= 4 is 10.0 Å². The predicted molar refractivity (Wildman–Crippen MR) is 62.5 cm³/mol. The highest BCUT2D eigenvalue weighted by atomic mass is 32.2. The van der Waals surface area contributed by atoms with Gasteiger partial charge in [-0.2, -0.15) is 0 Å². The van der Waals surface area contributed by atoms with Gasteiger partial charge in [-0.15, -0.1) is 0 Å². The summed E-state index contributed by atoms with van der Waals surface area (Å²) < 4.78 is 26.2. The average Bonchev–Trinajstić information content (AvgIpc) is 3.02. The van der Waals surface area contributed by atoms with Crippen LogP contribution in [0.25, 0.3) is 0 Å². The van der Waals surface area contributed by atoms with Gasteiger partial charge in [0.15, 0.2) is 0 Å². The van der Waals surface area contributed by atoms with E-state index in [4.69, 9.17) is 0 Å². The molecule has 2 fully saturated rings. The van der Waals surface area contributed by atoms with E-state index in [0.717, 1.165) is 32.1 Å². The Bertz CT molecular complexity index is 324. The predicted octanol–water partition coefficient (Wildman–Crippen LogP) is 1.01. The molecule has 2 N–H and O–H groups in total. The molecule has 5 heteroatoms. The van der Waals surface area contributed by atoms with Crippen molar-refractivity contribution in [1.29, 1.82) is 0 Å². The summed E-state index contributed by atoms with van der Waals surface area (Å²) in [5.41, 5.74) is 0. The summed E-state index contributed by atoms with van der Waals surface area (Å²) in [7, 11) is -3.18. The second-order valence-corrected chi connectivity index (χ2v) is 7.00. The molecule has 0 aromatic rings. The van der Waals surface area contributed by atoms with E-state index in [2.05, 4.69) is 4.72 Å². The number of aliphatic hydroxyl groups excluding tert-OH is 1. The molecule has 0 bridgehead atoms. The minimum absolute atomic E-state index is 0.223. The second-order valence-electron chi connectivity index (χ2n) is 5.13. The molecule has 2 unspecified atom stereocenters. The topological polar surface area (TPSA) is 66.4 Å². The molecule has 16 heavy (non-hydrogen) atoms. The van der Waals surface area contributed by atoms with Crippen molar-refractivity contribution in [2.75, 3.05) is 5.75 Å². The molecule has 0 saturated heterocycles. The summed E-state index contributed by atoms with van der Waals surface area (Å²) in [5.74, 6) is 0.855. The molecule has 94 valence electrons. The fourth-order valence-electron chi connectivity index (χ4n) is 2.27. The molecule has 0 radical (unpaired) electrons. The van der Waals surface area contributed by atoms with Gasteiger partial charge in [0.1, 0.15) is 0 Å². The average molecular weight is 247 g/mol. The first-order valence-electron chi connectivity index (χ1n) is 6.25. The Kier molecular flexibility index (Phi) is 3.87. The van der Waals surface area contributed by atoms with Crippen LogP contribution in [0.1, 0.15) is 44.9 Å². The fraction of sp³-hybridized carbons (Fsp3) is 1.00. The van der Waals surface area contributed by atoms with Gasteiger partial charge in [0.05, 0.1) is 11.9 Å². The lowest BCUT2D eigenvalue weighted by Gasteiger charge is -2.28. The van der Waals surface area contributed by atoms with Crippen LogP contribution in [0.2, 0.25) is 0 Å². The summed E-state index contributed by atoms with van der Waals surface area (Å²) in [6, 6.07) is -0.252. The maximum absolute atomic E-state index is 11.8. The van der Waals surface area contributed by atoms with Crippen LogP contribution in [0.4, 0.5) is 0 Å². The maximum atomic E-state index is 11.8. The van der Waals surface area contributed by atoms with E-state index in [9.17, 15) is 13.5 Å². The van der Waals surface area contributed by atoms with Crippen LogP contribution in [-0.4, -0.2) is 31.4 Å². The van der Waals surface area contributed by atoms with Crippen LogP contribution in [-0.2, 0) is 10.0 Å². The number of rotatable bonds is 5. The van der Waals surface area contributed by atoms with Crippen LogP contribution in [0.5, 0.6) is 0 Å². The van der Waals surface area contributed by atoms with Crippen LogP contribution in [0, 0.1) is 5.92 Å². The maximum Gasteiger partial charge on any atom is 0.211 e. The lowest BCUT2D eigenvalue weighted by atomic mass is 9.93. The Morgan fingerprint density at radius 1 is 1.12 bits per heavy atom. The molecule has 2 aliphatic carbocycles. The highest BCUT2D eigenvalue weighted by Gasteiger charge is 2.29. The van der Waals surface area contributed by atoms with Gasteiger partial charge in [-0.3, -0.25) is 0 Å². The monoisotopic (exact) mass is 247 g/mol. The number of hydrogen-bond donors (Lipinski definition) is 2. The van der Waals surface area contributed by atoms with Crippen molar-refractivity contribution in [3.05, 3.63) is 0 Å². The molecule has 0 aliphatic heterocycles. The van der Waals surface area contributed by atoms with Crippen molar-refractivity contribution in [2.24, 2.45) is 5.92 Å². The van der Waals surface area contributed by atoms with Gasteiger partial charge in [0.2, 0.25) is 10.0 Å². The molecule has 0 heterocycles. The minimum Gasteiger partial charge on any atom is -0.391 e. The van der Waals surface area contributed by atoms with Crippen molar-refractivity contribution in [1.82, 2.24) is 4.72 Å². The number of hydrogen-bond acceptors (Lipinski definition) is 3. The Hall–Kier alpha value is -0.130. The van der Waals surface area contributed by atoms with Gasteiger partial charge in [0.25, 0.3) is 0 Å². The lowest BCUT2D eigenvalue weighted by Crippen LogP contribution is -2.45. The van der Waals surface area contributed by atoms with E-state index in [1.807, 2.05) is 0 Å². The van der Waals surface area contributed by atoms with Gasteiger partial charge >= 0.3 is 0 Å². The Balaban J connectivity index is 1.80. The summed E-state index contributed by atoms with van der Waals surface area (Å²) in [4.78, 5) is 0. The highest BCUT2D eigenvalue weighted by Crippen LogP contribution is 2.32. The number of sulfonamides is 1. The Morgan fingerprint density at radius 3 is 2.44 bits per heavy atom. The molecular weight excluding hydrogens is 226 g/mol. The van der Waals surface area contributed by atoms with E-state index in [1.165, 1.54) is 12.8 Å². The van der Waals surface area contributed by atoms with E-state index in [0.29, 0.717) is 5.92 Å². The summed E-state index contributed by atoms with van der Waals surface area (Å²) in [6.07, 6.45) is 6.14. The summed E-state index contributed by atoms with van der Waals surface area (Å²) in [5, 5.41) is 9.70. The smallest absolute Gasteiger partial charge is 0.211 e. The number of aliphatic hydroxyl groups is 1. The van der Waals surface area contributed by atoms with E-state index < -0.39 is 16.1 Å². The summed E-state index contributed by atoms with van der Waals surface area (Å²) >= 11 is 0. The highest BCUT2D eigenvalue weighted by molar-refractivity contribution is 7.89. The summed E-state index contributed by atoms with van der Waals surface area (Å²) in [6.45, 7) is 0. The Labute approximate surface area is 97.5 Å². The first-order chi connectivity index (χ1) is 7.57. The van der Waals surface area contributed by atoms with E-state index >= 15 is 0 Å². The third-order valence-electron chi connectivity index (χ3n) is 3.55. The van der Waals surface area contributed by atoms with E-state index in [-0.39, 0.29) is 11.8 Å². The van der Waals surface area contributed by atoms with Gasteiger partial charge in [-0.25, -0.2) is 13.1 Å². The second kappa shape index (κ2) is 5.02. The zero-order chi connectivity index (χ0) is 11.6. The Morgan fingerprint density at radius 2 is 1.81 bits per heavy atom. The van der Waals surface area contributed by atoms with Crippen molar-refractivity contribution in [3.63, 3.8) is 0 Å². The largest absolute Gasteiger partial charge is 0.391 e. The zero-order valence-electron chi connectivity index (χ0n) is 9.56. The van der Waals surface area contributed by atoms with Crippen molar-refractivity contribution in [3.8, 4) is 0 Å². The third kappa shape index (κ3) is 3.71. The van der Waals surface area contributed by atoms with Crippen LogP contribution in [0.15, 0.2) is 0 Å². The number of nitrogens with one attached hydrogen (secondary N) is 1. The fourth-order valence-corrected chi connectivity index (χ4v) is 3.76. The molecule has 0 amide bonds. The standard InChI is InChI=1S/C11H21NO3S/c13-11-4-2-1-3-10(11)12-16(14,15)8-7-9-5-6-9/h9-13H,1-8H2. The van der Waals surface area contributed by atoms with Crippen molar-refractivity contribution in [2.45, 2.75) is 57.1 Å². The zero-order valence-corrected chi connectivity index (χ0v) is 10.4. The van der Waals surface area contributed by atoms with Crippen LogP contribution >= 0.6 is 0 Å². The van der Waals surface area contributed by atoms with Gasteiger partial charge < -0.3 is 5.11 Å². The van der Waals surface area contributed by atoms with Crippen molar-refractivity contribution < 1.29 is 13.5 Å². The quantitative estimate of drug-likeness (QED) is 0.762. The first kappa shape index (κ1) is 12.3. The lowest BCUT2D eigenvalue weighted by molar-refractivity contribution is 0.101. The molecule has 2 atom stereocenters. The molecule has 0 aromatic carbocycles. The van der Waals surface area contributed by atoms with Gasteiger partial charge in [0, 0.05) is 6.04 Å². The normalized spacial score (nSPS) is 31.6. The molecule has 2 saturated carbocycles.